The summed E-state index contributed by atoms with van der Waals surface area (Å²) < 4.78 is 89.4. The van der Waals surface area contributed by atoms with Gasteiger partial charge >= 0.3 is 18.0 Å². The smallest absolute Gasteiger partial charge is 0.307 e. The molecule has 2 aromatic heterocycles. The number of aromatic nitrogens is 4. The van der Waals surface area contributed by atoms with E-state index in [1.807, 2.05) is 5.43 Å². The molecular formula is C8H5F7N6. The van der Waals surface area contributed by atoms with Crippen molar-refractivity contribution in [1.82, 2.24) is 19.8 Å². The third-order valence-corrected chi connectivity index (χ3v) is 2.44. The summed E-state index contributed by atoms with van der Waals surface area (Å²) in [5.41, 5.74) is 1.46. The van der Waals surface area contributed by atoms with E-state index < -0.39 is 29.5 Å². The minimum absolute atomic E-state index is 0.0504. The minimum atomic E-state index is -6.48. The lowest BCUT2D eigenvalue weighted by atomic mass is 10.1. The van der Waals surface area contributed by atoms with Crippen LogP contribution in [0.5, 0.6) is 0 Å². The largest absolute Gasteiger partial charge is 0.460 e. The van der Waals surface area contributed by atoms with Crippen LogP contribution in [0.4, 0.5) is 36.6 Å². The maximum absolute atomic E-state index is 13.5. The van der Waals surface area contributed by atoms with Gasteiger partial charge in [0.25, 0.3) is 0 Å². The summed E-state index contributed by atoms with van der Waals surface area (Å²) in [4.78, 5) is 0. The van der Waals surface area contributed by atoms with Crippen molar-refractivity contribution in [3.05, 3.63) is 18.0 Å². The zero-order chi connectivity index (χ0) is 16.1. The number of nitrogen functional groups attached to an aromatic ring is 1. The van der Waals surface area contributed by atoms with Gasteiger partial charge in [0.15, 0.2) is 11.5 Å². The van der Waals surface area contributed by atoms with E-state index in [4.69, 9.17) is 5.84 Å². The molecule has 3 N–H and O–H groups in total. The SMILES string of the molecule is NNc1ccc2nnc(C(F)(F)C(F)(F)C(F)(F)F)n2n1. The van der Waals surface area contributed by atoms with E-state index in [1.54, 1.807) is 0 Å². The molecule has 0 saturated carbocycles. The highest BCUT2D eigenvalue weighted by atomic mass is 19.4. The first-order chi connectivity index (χ1) is 9.52. The van der Waals surface area contributed by atoms with E-state index in [0.29, 0.717) is 0 Å². The molecule has 2 rings (SSSR count). The molecule has 0 aromatic carbocycles. The average molecular weight is 318 g/mol. The fourth-order valence-corrected chi connectivity index (χ4v) is 1.38. The molecule has 21 heavy (non-hydrogen) atoms. The van der Waals surface area contributed by atoms with Crippen LogP contribution < -0.4 is 11.3 Å². The van der Waals surface area contributed by atoms with Crippen molar-refractivity contribution >= 4 is 11.5 Å². The highest BCUT2D eigenvalue weighted by Crippen LogP contribution is 2.51. The molecule has 116 valence electrons. The Labute approximate surface area is 110 Å². The summed E-state index contributed by atoms with van der Waals surface area (Å²) in [6.07, 6.45) is -6.48. The topological polar surface area (TPSA) is 81.1 Å². The minimum Gasteiger partial charge on any atom is -0.307 e. The molecule has 0 aliphatic carbocycles. The van der Waals surface area contributed by atoms with Gasteiger partial charge in [0.2, 0.25) is 5.82 Å². The van der Waals surface area contributed by atoms with Crippen molar-refractivity contribution in [3.63, 3.8) is 0 Å². The second kappa shape index (κ2) is 4.41. The van der Waals surface area contributed by atoms with Gasteiger partial charge in [-0.1, -0.05) is 0 Å². The molecule has 2 heterocycles. The molecule has 0 fully saturated rings. The molecule has 0 bridgehead atoms. The monoisotopic (exact) mass is 318 g/mol. The second-order valence-electron chi connectivity index (χ2n) is 3.80. The Morgan fingerprint density at radius 1 is 1.00 bits per heavy atom. The molecule has 0 radical (unpaired) electrons. The molecule has 13 heteroatoms. The van der Waals surface area contributed by atoms with Gasteiger partial charge in [-0.15, -0.1) is 15.3 Å². The predicted octanol–water partition coefficient (Wildman–Crippen LogP) is 1.70. The summed E-state index contributed by atoms with van der Waals surface area (Å²) in [6.45, 7) is 0. The summed E-state index contributed by atoms with van der Waals surface area (Å²) >= 11 is 0. The van der Waals surface area contributed by atoms with Crippen LogP contribution in [0.25, 0.3) is 5.65 Å². The van der Waals surface area contributed by atoms with Crippen molar-refractivity contribution in [1.29, 1.82) is 0 Å². The Balaban J connectivity index is 2.65. The molecule has 0 aliphatic heterocycles. The Morgan fingerprint density at radius 3 is 2.14 bits per heavy atom. The van der Waals surface area contributed by atoms with Gasteiger partial charge in [0, 0.05) is 0 Å². The predicted molar refractivity (Wildman–Crippen MR) is 53.5 cm³/mol. The van der Waals surface area contributed by atoms with Crippen molar-refractivity contribution in [3.8, 4) is 0 Å². The number of nitrogens with one attached hydrogen (secondary N) is 1. The lowest BCUT2D eigenvalue weighted by Crippen LogP contribution is -2.51. The number of hydrogen-bond donors (Lipinski definition) is 2. The van der Waals surface area contributed by atoms with Crippen LogP contribution in [0.3, 0.4) is 0 Å². The van der Waals surface area contributed by atoms with Gasteiger partial charge in [0.05, 0.1) is 0 Å². The molecule has 0 unspecified atom stereocenters. The molecule has 0 atom stereocenters. The number of alkyl halides is 7. The van der Waals surface area contributed by atoms with Gasteiger partial charge in [-0.25, -0.2) is 5.84 Å². The highest BCUT2D eigenvalue weighted by Gasteiger charge is 2.75. The van der Waals surface area contributed by atoms with Crippen LogP contribution in [-0.4, -0.2) is 31.9 Å². The van der Waals surface area contributed by atoms with E-state index in [0.717, 1.165) is 12.1 Å². The first kappa shape index (κ1) is 15.2. The van der Waals surface area contributed by atoms with Crippen LogP contribution in [0, 0.1) is 0 Å². The number of nitrogens with two attached hydrogens (primary N) is 1. The number of hydrazine groups is 1. The van der Waals surface area contributed by atoms with Crippen molar-refractivity contribution < 1.29 is 30.7 Å². The van der Waals surface area contributed by atoms with E-state index in [1.165, 1.54) is 0 Å². The van der Waals surface area contributed by atoms with E-state index in [2.05, 4.69) is 15.3 Å². The summed E-state index contributed by atoms with van der Waals surface area (Å²) in [5, 5.41) is 9.02. The lowest BCUT2D eigenvalue weighted by Gasteiger charge is -2.26. The van der Waals surface area contributed by atoms with E-state index >= 15 is 0 Å². The van der Waals surface area contributed by atoms with E-state index in [9.17, 15) is 30.7 Å². The Bertz CT molecular complexity index is 663. The standard InChI is InChI=1S/C8H5F7N6/c9-6(10,7(11,12)8(13,14)15)5-19-18-4-2-1-3(17-16)20-21(4)5/h1-2H,16H2,(H,17,20). The van der Waals surface area contributed by atoms with Crippen LogP contribution in [0.15, 0.2) is 12.1 Å². The van der Waals surface area contributed by atoms with Gasteiger partial charge < -0.3 is 5.43 Å². The molecule has 0 amide bonds. The number of rotatable bonds is 3. The number of halogens is 7. The van der Waals surface area contributed by atoms with Crippen molar-refractivity contribution in [2.45, 2.75) is 18.0 Å². The maximum atomic E-state index is 13.5. The van der Waals surface area contributed by atoms with Crippen LogP contribution in [0.1, 0.15) is 5.82 Å². The van der Waals surface area contributed by atoms with Gasteiger partial charge in [-0.05, 0) is 12.1 Å². The van der Waals surface area contributed by atoms with Crippen LogP contribution in [-0.2, 0) is 5.92 Å². The number of hydrogen-bond acceptors (Lipinski definition) is 5. The van der Waals surface area contributed by atoms with Gasteiger partial charge in [0.1, 0.15) is 0 Å². The summed E-state index contributed by atoms with van der Waals surface area (Å²) in [6, 6.07) is 2.13. The zero-order valence-electron chi connectivity index (χ0n) is 9.67. The Hall–Kier alpha value is -2.18. The fraction of sp³-hybridized carbons (Fsp3) is 0.375. The third kappa shape index (κ3) is 2.12. The highest BCUT2D eigenvalue weighted by molar-refractivity contribution is 5.43. The third-order valence-electron chi connectivity index (χ3n) is 2.44. The maximum Gasteiger partial charge on any atom is 0.460 e. The van der Waals surface area contributed by atoms with Crippen LogP contribution in [0.2, 0.25) is 0 Å². The number of fused-ring (bicyclic) bond motifs is 1. The van der Waals surface area contributed by atoms with Crippen LogP contribution >= 0.6 is 0 Å². The first-order valence-corrected chi connectivity index (χ1v) is 5.04. The fourth-order valence-electron chi connectivity index (χ4n) is 1.38. The van der Waals surface area contributed by atoms with Gasteiger partial charge in [-0.3, -0.25) is 0 Å². The Kier molecular flexibility index (Phi) is 3.19. The summed E-state index contributed by atoms with van der Waals surface area (Å²) in [5.74, 6) is -9.31. The second-order valence-corrected chi connectivity index (χ2v) is 3.80. The number of anilines is 1. The van der Waals surface area contributed by atoms with Crippen molar-refractivity contribution in [2.75, 3.05) is 5.43 Å². The molecule has 0 aliphatic rings. The van der Waals surface area contributed by atoms with Crippen molar-refractivity contribution in [2.24, 2.45) is 5.84 Å². The average Bonchev–Trinajstić information content (AvgIpc) is 2.80. The molecular weight excluding hydrogens is 313 g/mol. The molecule has 0 spiro atoms. The lowest BCUT2D eigenvalue weighted by molar-refractivity contribution is -0.361. The normalized spacial score (nSPS) is 13.7. The molecule has 2 aromatic rings. The quantitative estimate of drug-likeness (QED) is 0.511. The van der Waals surface area contributed by atoms with E-state index in [-0.39, 0.29) is 10.3 Å². The molecule has 6 nitrogen and oxygen atoms in total. The molecule has 0 saturated heterocycles. The summed E-state index contributed by atoms with van der Waals surface area (Å²) in [7, 11) is 0. The first-order valence-electron chi connectivity index (χ1n) is 5.04. The van der Waals surface area contributed by atoms with Gasteiger partial charge in [-0.2, -0.15) is 35.2 Å². The zero-order valence-corrected chi connectivity index (χ0v) is 9.67. The Morgan fingerprint density at radius 2 is 1.62 bits per heavy atom. The number of nitrogens with zero attached hydrogens (tertiary/aromatic N) is 4.